The third kappa shape index (κ3) is 8.24. The highest BCUT2D eigenvalue weighted by atomic mass is 19.4. The summed E-state index contributed by atoms with van der Waals surface area (Å²) in [7, 11) is 2.02. The minimum atomic E-state index is -4.88. The number of nitrogens with zero attached hydrogens (tertiary/aromatic N) is 4. The first kappa shape index (κ1) is 27.5. The van der Waals surface area contributed by atoms with Gasteiger partial charge in [0.15, 0.2) is 0 Å². The normalized spacial score (nSPS) is 16.9. The molecule has 1 heterocycles. The summed E-state index contributed by atoms with van der Waals surface area (Å²) >= 11 is 0. The summed E-state index contributed by atoms with van der Waals surface area (Å²) in [4.78, 5) is 8.52. The van der Waals surface area contributed by atoms with Gasteiger partial charge in [0.1, 0.15) is 12.3 Å². The van der Waals surface area contributed by atoms with Crippen LogP contribution in [0.25, 0.3) is 0 Å². The highest BCUT2D eigenvalue weighted by Crippen LogP contribution is 2.35. The molecule has 1 aliphatic rings. The monoisotopic (exact) mass is 490 g/mol. The summed E-state index contributed by atoms with van der Waals surface area (Å²) in [6.45, 7) is 3.26. The third-order valence-electron chi connectivity index (χ3n) is 5.42. The first-order valence-electron chi connectivity index (χ1n) is 10.9. The van der Waals surface area contributed by atoms with E-state index in [0.29, 0.717) is 18.2 Å². The van der Waals surface area contributed by atoms with Gasteiger partial charge in [-0.1, -0.05) is 12.1 Å². The molecule has 0 atom stereocenters. The van der Waals surface area contributed by atoms with Crippen LogP contribution in [0, 0.1) is 17.2 Å². The van der Waals surface area contributed by atoms with E-state index >= 15 is 0 Å². The number of hydrogen-bond donors (Lipinski definition) is 0. The van der Waals surface area contributed by atoms with Crippen molar-refractivity contribution in [1.29, 1.82) is 5.26 Å². The predicted octanol–water partition coefficient (Wildman–Crippen LogP) is 5.97. The molecule has 1 aliphatic heterocycles. The van der Waals surface area contributed by atoms with E-state index in [4.69, 9.17) is 10.1 Å². The van der Waals surface area contributed by atoms with Gasteiger partial charge in [0.05, 0.1) is 29.5 Å². The van der Waals surface area contributed by atoms with Crippen molar-refractivity contribution in [2.45, 2.75) is 45.5 Å². The van der Waals surface area contributed by atoms with Gasteiger partial charge in [0, 0.05) is 11.6 Å². The average Bonchev–Trinajstić information content (AvgIpc) is 2.75. The molecule has 0 spiro atoms. The number of allylic oxidation sites excluding steroid dienone is 2. The molecule has 1 fully saturated rings. The molecule has 34 heavy (non-hydrogen) atoms. The van der Waals surface area contributed by atoms with Crippen LogP contribution in [-0.2, 0) is 11.0 Å². The summed E-state index contributed by atoms with van der Waals surface area (Å²) in [5.74, 6) is 0.793. The minimum absolute atomic E-state index is 0.145. The molecule has 0 bridgehead atoms. The summed E-state index contributed by atoms with van der Waals surface area (Å²) in [5, 5.41) is 12.9. The molecule has 1 aromatic carbocycles. The number of halogens is 6. The van der Waals surface area contributed by atoms with Gasteiger partial charge in [-0.2, -0.15) is 31.6 Å². The van der Waals surface area contributed by atoms with Crippen LogP contribution in [0.4, 0.5) is 32.0 Å². The Hall–Kier alpha value is -2.74. The molecular formula is C23H28F6N4O. The van der Waals surface area contributed by atoms with Crippen LogP contribution in [0.5, 0.6) is 0 Å². The van der Waals surface area contributed by atoms with Gasteiger partial charge in [-0.15, -0.1) is 0 Å². The number of hydrogen-bond acceptors (Lipinski definition) is 5. The second kappa shape index (κ2) is 11.6. The fourth-order valence-corrected chi connectivity index (χ4v) is 3.72. The first-order valence-corrected chi connectivity index (χ1v) is 10.9. The van der Waals surface area contributed by atoms with Crippen molar-refractivity contribution in [2.75, 3.05) is 38.1 Å². The largest absolute Gasteiger partial charge is 0.417 e. The number of benzene rings is 1. The zero-order chi connectivity index (χ0) is 25.5. The number of likely N-dealkylation sites (tertiary alicyclic amines) is 1. The van der Waals surface area contributed by atoms with Crippen molar-refractivity contribution in [3.05, 3.63) is 41.2 Å². The first-order chi connectivity index (χ1) is 15.8. The number of rotatable bonds is 8. The Balaban J connectivity index is 2.26. The molecule has 0 N–H and O–H groups in total. The van der Waals surface area contributed by atoms with E-state index in [2.05, 4.69) is 10.1 Å². The molecule has 188 valence electrons. The van der Waals surface area contributed by atoms with E-state index in [-0.39, 0.29) is 17.3 Å². The lowest BCUT2D eigenvalue weighted by atomic mass is 9.94. The van der Waals surface area contributed by atoms with Gasteiger partial charge in [0.25, 0.3) is 0 Å². The fraction of sp³-hybridized carbons (Fsp3) is 0.565. The van der Waals surface area contributed by atoms with Gasteiger partial charge in [0.2, 0.25) is 0 Å². The summed E-state index contributed by atoms with van der Waals surface area (Å²) < 4.78 is 79.6. The molecule has 5 nitrogen and oxygen atoms in total. The van der Waals surface area contributed by atoms with Crippen LogP contribution in [-0.4, -0.2) is 50.0 Å². The Morgan fingerprint density at radius 2 is 1.88 bits per heavy atom. The van der Waals surface area contributed by atoms with Gasteiger partial charge >= 0.3 is 12.4 Å². The Labute approximate surface area is 195 Å². The molecule has 0 aliphatic carbocycles. The highest BCUT2D eigenvalue weighted by Gasteiger charge is 2.36. The Bertz CT molecular complexity index is 925. The third-order valence-corrected chi connectivity index (χ3v) is 5.42. The maximum absolute atomic E-state index is 13.3. The smallest absolute Gasteiger partial charge is 0.362 e. The number of alkyl halides is 6. The average molecular weight is 490 g/mol. The Kier molecular flexibility index (Phi) is 9.38. The molecular weight excluding hydrogens is 462 g/mol. The SMILES string of the molecule is CC/C=C(/O/N=C(\C)CN(CC(F)(F)F)c1ccc(C#N)c(C(F)(F)F)c1)C1CCN(C)CC1. The molecule has 0 saturated carbocycles. The minimum Gasteiger partial charge on any atom is -0.362 e. The van der Waals surface area contributed by atoms with E-state index in [1.165, 1.54) is 13.0 Å². The quantitative estimate of drug-likeness (QED) is 0.195. The molecule has 0 aromatic heterocycles. The number of nitriles is 1. The van der Waals surface area contributed by atoms with Crippen molar-refractivity contribution in [2.24, 2.45) is 11.1 Å². The van der Waals surface area contributed by atoms with Crippen LogP contribution >= 0.6 is 0 Å². The highest BCUT2D eigenvalue weighted by molar-refractivity contribution is 5.86. The van der Waals surface area contributed by atoms with Crippen molar-refractivity contribution in [3.8, 4) is 6.07 Å². The van der Waals surface area contributed by atoms with E-state index in [9.17, 15) is 26.3 Å². The van der Waals surface area contributed by atoms with Crippen LogP contribution in [0.3, 0.4) is 0 Å². The van der Waals surface area contributed by atoms with Crippen molar-refractivity contribution in [3.63, 3.8) is 0 Å². The van der Waals surface area contributed by atoms with Gasteiger partial charge in [-0.05, 0) is 70.6 Å². The molecule has 1 aromatic rings. The zero-order valence-corrected chi connectivity index (χ0v) is 19.3. The second-order valence-corrected chi connectivity index (χ2v) is 8.32. The zero-order valence-electron chi connectivity index (χ0n) is 19.3. The van der Waals surface area contributed by atoms with Crippen molar-refractivity contribution >= 4 is 11.4 Å². The molecule has 1 saturated heterocycles. The summed E-state index contributed by atoms with van der Waals surface area (Å²) in [5.41, 5.74) is -2.11. The molecule has 0 radical (unpaired) electrons. The van der Waals surface area contributed by atoms with Crippen molar-refractivity contribution in [1.82, 2.24) is 4.90 Å². The van der Waals surface area contributed by atoms with Crippen molar-refractivity contribution < 1.29 is 31.2 Å². The number of piperidine rings is 1. The van der Waals surface area contributed by atoms with Crippen LogP contribution in [0.2, 0.25) is 0 Å². The lowest BCUT2D eigenvalue weighted by Crippen LogP contribution is -2.37. The van der Waals surface area contributed by atoms with E-state index < -0.39 is 36.6 Å². The number of oxime groups is 1. The van der Waals surface area contributed by atoms with Gasteiger partial charge in [-0.25, -0.2) is 0 Å². The molecule has 11 heteroatoms. The Morgan fingerprint density at radius 1 is 1.24 bits per heavy atom. The maximum atomic E-state index is 13.3. The Morgan fingerprint density at radius 3 is 2.41 bits per heavy atom. The van der Waals surface area contributed by atoms with E-state index in [1.807, 2.05) is 20.0 Å². The van der Waals surface area contributed by atoms with E-state index in [0.717, 1.165) is 43.0 Å². The van der Waals surface area contributed by atoms with Gasteiger partial charge < -0.3 is 14.6 Å². The lowest BCUT2D eigenvalue weighted by Gasteiger charge is -2.29. The fourth-order valence-electron chi connectivity index (χ4n) is 3.72. The maximum Gasteiger partial charge on any atom is 0.417 e. The lowest BCUT2D eigenvalue weighted by molar-refractivity contribution is -0.137. The molecule has 2 rings (SSSR count). The van der Waals surface area contributed by atoms with Crippen LogP contribution in [0.1, 0.15) is 44.2 Å². The predicted molar refractivity (Wildman–Crippen MR) is 117 cm³/mol. The second-order valence-electron chi connectivity index (χ2n) is 8.32. The van der Waals surface area contributed by atoms with Crippen LogP contribution in [0.15, 0.2) is 35.2 Å². The molecule has 0 unspecified atom stereocenters. The summed E-state index contributed by atoms with van der Waals surface area (Å²) in [6, 6.07) is 3.91. The van der Waals surface area contributed by atoms with Crippen LogP contribution < -0.4 is 4.90 Å². The van der Waals surface area contributed by atoms with Gasteiger partial charge in [-0.3, -0.25) is 0 Å². The standard InChI is InChI=1S/C23H28F6N4O/c1-4-5-21(17-8-10-32(3)11-9-17)34-31-16(2)14-33(15-22(24,25)26)19-7-6-18(13-30)20(12-19)23(27,28)29/h5-7,12,17H,4,8-11,14-15H2,1-3H3/b21-5+,31-16+. The molecule has 0 amide bonds. The number of anilines is 1. The summed E-state index contributed by atoms with van der Waals surface area (Å²) in [6.07, 6.45) is -5.25. The topological polar surface area (TPSA) is 51.9 Å². The van der Waals surface area contributed by atoms with E-state index in [1.54, 1.807) is 0 Å².